The molecule has 0 unspecified atom stereocenters. The number of benzene rings is 2. The average molecular weight is 378 g/mol. The van der Waals surface area contributed by atoms with Crippen molar-refractivity contribution >= 4 is 29.2 Å². The highest BCUT2D eigenvalue weighted by atomic mass is 16.5. The van der Waals surface area contributed by atoms with Crippen LogP contribution in [0.3, 0.4) is 0 Å². The highest BCUT2D eigenvalue weighted by Gasteiger charge is 2.14. The van der Waals surface area contributed by atoms with Crippen molar-refractivity contribution in [3.8, 4) is 0 Å². The maximum atomic E-state index is 12.6. The third kappa shape index (κ3) is 4.27. The second kappa shape index (κ2) is 8.22. The summed E-state index contributed by atoms with van der Waals surface area (Å²) in [6, 6.07) is 14.6. The number of methoxy groups -OCH3 is 1. The lowest BCUT2D eigenvalue weighted by atomic mass is 10.1. The zero-order valence-electron chi connectivity index (χ0n) is 15.3. The van der Waals surface area contributed by atoms with E-state index in [0.29, 0.717) is 22.5 Å². The van der Waals surface area contributed by atoms with E-state index >= 15 is 0 Å². The maximum Gasteiger partial charge on any atom is 0.337 e. The summed E-state index contributed by atoms with van der Waals surface area (Å²) < 4.78 is 9.75. The number of esters is 1. The summed E-state index contributed by atoms with van der Waals surface area (Å²) in [6.45, 7) is 1.82. The highest BCUT2D eigenvalue weighted by molar-refractivity contribution is 6.07. The van der Waals surface area contributed by atoms with E-state index < -0.39 is 11.9 Å². The molecule has 3 aromatic rings. The largest absolute Gasteiger partial charge is 0.465 e. The minimum Gasteiger partial charge on any atom is -0.465 e. The SMILES string of the molecule is COC(=O)c1cccc(NC(=O)c2ccc(C)c(NC(=O)c3ccco3)c2)c1. The molecule has 0 atom stereocenters. The summed E-state index contributed by atoms with van der Waals surface area (Å²) in [5, 5.41) is 5.46. The van der Waals surface area contributed by atoms with Crippen molar-refractivity contribution in [1.82, 2.24) is 0 Å². The lowest BCUT2D eigenvalue weighted by Gasteiger charge is -2.11. The molecule has 142 valence electrons. The van der Waals surface area contributed by atoms with Gasteiger partial charge in [-0.05, 0) is 55.0 Å². The molecule has 0 spiro atoms. The van der Waals surface area contributed by atoms with E-state index in [-0.39, 0.29) is 11.7 Å². The normalized spacial score (nSPS) is 10.2. The Balaban J connectivity index is 1.77. The van der Waals surface area contributed by atoms with Gasteiger partial charge in [0.25, 0.3) is 11.8 Å². The van der Waals surface area contributed by atoms with Crippen LogP contribution in [-0.4, -0.2) is 24.9 Å². The van der Waals surface area contributed by atoms with Crippen LogP contribution in [0.2, 0.25) is 0 Å². The number of nitrogens with one attached hydrogen (secondary N) is 2. The molecule has 0 fully saturated rings. The van der Waals surface area contributed by atoms with Gasteiger partial charge in [-0.2, -0.15) is 0 Å². The second-order valence-electron chi connectivity index (χ2n) is 5.99. The molecule has 28 heavy (non-hydrogen) atoms. The van der Waals surface area contributed by atoms with Crippen molar-refractivity contribution < 1.29 is 23.5 Å². The Labute approximate surface area is 161 Å². The third-order valence-electron chi connectivity index (χ3n) is 4.03. The molecule has 2 amide bonds. The number of hydrogen-bond acceptors (Lipinski definition) is 5. The van der Waals surface area contributed by atoms with Crippen LogP contribution in [-0.2, 0) is 4.74 Å². The number of carbonyl (C=O) groups is 3. The monoisotopic (exact) mass is 378 g/mol. The molecule has 0 aliphatic rings. The van der Waals surface area contributed by atoms with Crippen molar-refractivity contribution in [2.45, 2.75) is 6.92 Å². The predicted molar refractivity (Wildman–Crippen MR) is 104 cm³/mol. The number of ether oxygens (including phenoxy) is 1. The fraction of sp³-hybridized carbons (Fsp3) is 0.0952. The van der Waals surface area contributed by atoms with Gasteiger partial charge < -0.3 is 19.8 Å². The van der Waals surface area contributed by atoms with E-state index in [1.54, 1.807) is 48.5 Å². The molecule has 2 N–H and O–H groups in total. The standard InChI is InChI=1S/C21H18N2O5/c1-13-8-9-14(12-17(13)23-20(25)18-7-4-10-28-18)19(24)22-16-6-3-5-15(11-16)21(26)27-2/h3-12H,1-2H3,(H,22,24)(H,23,25). The van der Waals surface area contributed by atoms with Crippen LogP contribution in [0.25, 0.3) is 0 Å². The van der Waals surface area contributed by atoms with E-state index in [1.807, 2.05) is 6.92 Å². The summed E-state index contributed by atoms with van der Waals surface area (Å²) in [6.07, 6.45) is 1.41. The second-order valence-corrected chi connectivity index (χ2v) is 5.99. The van der Waals surface area contributed by atoms with Gasteiger partial charge in [0.2, 0.25) is 0 Å². The topological polar surface area (TPSA) is 97.6 Å². The summed E-state index contributed by atoms with van der Waals surface area (Å²) >= 11 is 0. The molecule has 0 radical (unpaired) electrons. The third-order valence-corrected chi connectivity index (χ3v) is 4.03. The molecule has 2 aromatic carbocycles. The van der Waals surface area contributed by atoms with E-state index in [4.69, 9.17) is 4.42 Å². The van der Waals surface area contributed by atoms with Crippen LogP contribution in [0.15, 0.2) is 65.3 Å². The highest BCUT2D eigenvalue weighted by Crippen LogP contribution is 2.20. The van der Waals surface area contributed by atoms with Gasteiger partial charge in [0.05, 0.1) is 18.9 Å². The molecule has 0 saturated heterocycles. The first-order valence-corrected chi connectivity index (χ1v) is 8.43. The number of rotatable bonds is 5. The lowest BCUT2D eigenvalue weighted by Crippen LogP contribution is -2.15. The Morgan fingerprint density at radius 1 is 0.893 bits per heavy atom. The van der Waals surface area contributed by atoms with Gasteiger partial charge in [0.15, 0.2) is 5.76 Å². The summed E-state index contributed by atoms with van der Waals surface area (Å²) in [5.74, 6) is -1.10. The van der Waals surface area contributed by atoms with E-state index in [9.17, 15) is 14.4 Å². The molecule has 7 heteroatoms. The first kappa shape index (κ1) is 18.9. The minimum atomic E-state index is -0.491. The van der Waals surface area contributed by atoms with Crippen LogP contribution in [0.4, 0.5) is 11.4 Å². The lowest BCUT2D eigenvalue weighted by molar-refractivity contribution is 0.0600. The fourth-order valence-electron chi connectivity index (χ4n) is 2.53. The predicted octanol–water partition coefficient (Wildman–Crippen LogP) is 3.88. The fourth-order valence-corrected chi connectivity index (χ4v) is 2.53. The van der Waals surface area contributed by atoms with Gasteiger partial charge in [0, 0.05) is 16.9 Å². The molecule has 0 saturated carbocycles. The van der Waals surface area contributed by atoms with Gasteiger partial charge in [-0.3, -0.25) is 9.59 Å². The molecule has 0 bridgehead atoms. The molecular weight excluding hydrogens is 360 g/mol. The van der Waals surface area contributed by atoms with Gasteiger partial charge in [-0.25, -0.2) is 4.79 Å². The van der Waals surface area contributed by atoms with Crippen molar-refractivity contribution in [3.05, 3.63) is 83.3 Å². The first-order valence-electron chi connectivity index (χ1n) is 8.43. The maximum absolute atomic E-state index is 12.6. The molecule has 1 aromatic heterocycles. The Hall–Kier alpha value is -3.87. The molecule has 0 aliphatic carbocycles. The van der Waals surface area contributed by atoms with Gasteiger partial charge in [0.1, 0.15) is 0 Å². The molecule has 7 nitrogen and oxygen atoms in total. The smallest absolute Gasteiger partial charge is 0.337 e. The number of anilines is 2. The molecule has 3 rings (SSSR count). The molecule has 0 aliphatic heterocycles. The Bertz CT molecular complexity index is 1030. The Kier molecular flexibility index (Phi) is 5.55. The van der Waals surface area contributed by atoms with E-state index in [0.717, 1.165) is 5.56 Å². The first-order chi connectivity index (χ1) is 13.5. The summed E-state index contributed by atoms with van der Waals surface area (Å²) in [5.41, 5.74) is 2.43. The van der Waals surface area contributed by atoms with Gasteiger partial charge in [-0.15, -0.1) is 0 Å². The van der Waals surface area contributed by atoms with Crippen molar-refractivity contribution in [2.24, 2.45) is 0 Å². The van der Waals surface area contributed by atoms with Crippen molar-refractivity contribution in [3.63, 3.8) is 0 Å². The van der Waals surface area contributed by atoms with Gasteiger partial charge >= 0.3 is 5.97 Å². The molecule has 1 heterocycles. The average Bonchev–Trinajstić information content (AvgIpc) is 3.24. The van der Waals surface area contributed by atoms with Crippen molar-refractivity contribution in [2.75, 3.05) is 17.7 Å². The number of carbonyl (C=O) groups excluding carboxylic acids is 3. The van der Waals surface area contributed by atoms with Gasteiger partial charge in [-0.1, -0.05) is 12.1 Å². The van der Waals surface area contributed by atoms with E-state index in [1.165, 1.54) is 19.4 Å². The Morgan fingerprint density at radius 3 is 2.43 bits per heavy atom. The quantitative estimate of drug-likeness (QED) is 0.657. The Morgan fingerprint density at radius 2 is 1.71 bits per heavy atom. The van der Waals surface area contributed by atoms with Crippen LogP contribution in [0.1, 0.15) is 36.8 Å². The van der Waals surface area contributed by atoms with Crippen LogP contribution >= 0.6 is 0 Å². The van der Waals surface area contributed by atoms with Crippen LogP contribution in [0, 0.1) is 6.92 Å². The molecular formula is C21H18N2O5. The number of amides is 2. The number of aryl methyl sites for hydroxylation is 1. The number of hydrogen-bond donors (Lipinski definition) is 2. The van der Waals surface area contributed by atoms with E-state index in [2.05, 4.69) is 15.4 Å². The zero-order valence-corrected chi connectivity index (χ0v) is 15.3. The van der Waals surface area contributed by atoms with Crippen molar-refractivity contribution in [1.29, 1.82) is 0 Å². The van der Waals surface area contributed by atoms with Crippen LogP contribution < -0.4 is 10.6 Å². The number of furan rings is 1. The summed E-state index contributed by atoms with van der Waals surface area (Å²) in [7, 11) is 1.29. The zero-order chi connectivity index (χ0) is 20.1. The minimum absolute atomic E-state index is 0.175. The van der Waals surface area contributed by atoms with Crippen LogP contribution in [0.5, 0.6) is 0 Å². The summed E-state index contributed by atoms with van der Waals surface area (Å²) in [4.78, 5) is 36.4.